The molecule has 1 amide bonds. The highest BCUT2D eigenvalue weighted by Crippen LogP contribution is 2.24. The van der Waals surface area contributed by atoms with Crippen LogP contribution in [0.25, 0.3) is 5.69 Å². The molecule has 4 rings (SSSR count). The monoisotopic (exact) mass is 442 g/mol. The second-order valence-electron chi connectivity index (χ2n) is 8.02. The fourth-order valence-corrected chi connectivity index (χ4v) is 3.59. The van der Waals surface area contributed by atoms with Gasteiger partial charge in [-0.05, 0) is 36.6 Å². The summed E-state index contributed by atoms with van der Waals surface area (Å²) in [7, 11) is 0. The first-order valence-electron chi connectivity index (χ1n) is 10.4. The lowest BCUT2D eigenvalue weighted by Gasteiger charge is -2.30. The van der Waals surface area contributed by atoms with Gasteiger partial charge in [-0.1, -0.05) is 19.1 Å². The number of alkyl halides is 2. The smallest absolute Gasteiger partial charge is 0.280 e. The molecule has 8 nitrogen and oxygen atoms in total. The van der Waals surface area contributed by atoms with Crippen molar-refractivity contribution in [1.82, 2.24) is 29.9 Å². The molecular formula is C22H24F2N6O2. The molecule has 0 saturated heterocycles. The second-order valence-corrected chi connectivity index (χ2v) is 8.02. The zero-order valence-corrected chi connectivity index (χ0v) is 18.1. The van der Waals surface area contributed by atoms with Crippen LogP contribution in [0.5, 0.6) is 5.88 Å². The lowest BCUT2D eigenvalue weighted by Crippen LogP contribution is -2.38. The molecule has 0 spiro atoms. The molecule has 1 aliphatic heterocycles. The summed E-state index contributed by atoms with van der Waals surface area (Å²) in [6, 6.07) is 4.68. The highest BCUT2D eigenvalue weighted by Gasteiger charge is 2.23. The number of aryl methyl sites for hydroxylation is 1. The predicted molar refractivity (Wildman–Crippen MR) is 111 cm³/mol. The van der Waals surface area contributed by atoms with E-state index >= 15 is 0 Å². The number of aromatic nitrogens is 5. The Labute approximate surface area is 184 Å². The van der Waals surface area contributed by atoms with E-state index in [1.165, 1.54) is 23.0 Å². The Balaban J connectivity index is 1.47. The topological polar surface area (TPSA) is 86.0 Å². The van der Waals surface area contributed by atoms with Crippen LogP contribution in [0.1, 0.15) is 48.5 Å². The molecule has 0 atom stereocenters. The molecule has 0 aromatic carbocycles. The summed E-state index contributed by atoms with van der Waals surface area (Å²) in [6.45, 7) is 6.97. The van der Waals surface area contributed by atoms with E-state index in [0.717, 1.165) is 17.5 Å². The van der Waals surface area contributed by atoms with Gasteiger partial charge in [0.2, 0.25) is 11.8 Å². The maximum absolute atomic E-state index is 12.8. The number of carbonyl (C=O) groups excluding carboxylic acids is 1. The summed E-state index contributed by atoms with van der Waals surface area (Å²) in [5, 5.41) is 8.15. The van der Waals surface area contributed by atoms with Crippen LogP contribution < -0.4 is 4.74 Å². The first-order chi connectivity index (χ1) is 15.3. The van der Waals surface area contributed by atoms with Crippen molar-refractivity contribution in [3.8, 4) is 11.6 Å². The first kappa shape index (κ1) is 21.8. The number of hydrogen-bond donors (Lipinski definition) is 0. The number of halogens is 2. The average molecular weight is 442 g/mol. The number of rotatable bonds is 6. The van der Waals surface area contributed by atoms with E-state index in [0.29, 0.717) is 36.0 Å². The van der Waals surface area contributed by atoms with Crippen molar-refractivity contribution in [3.63, 3.8) is 0 Å². The standard InChI is InChI=1S/C22H24F2N6O2/c1-13(2)22(31)29-7-6-15-8-20(26-9-16(15)11-29)32-12-19-14(3)27-28-30(19)17-4-5-18(21(23)24)25-10-17/h4-5,8-10,13,21H,6-7,11-12H2,1-3H3. The Kier molecular flexibility index (Phi) is 6.11. The predicted octanol–water partition coefficient (Wildman–Crippen LogP) is 3.42. The third-order valence-corrected chi connectivity index (χ3v) is 5.43. The molecule has 0 aliphatic carbocycles. The maximum atomic E-state index is 12.8. The first-order valence-corrected chi connectivity index (χ1v) is 10.4. The zero-order chi connectivity index (χ0) is 22.8. The average Bonchev–Trinajstić information content (AvgIpc) is 3.16. The van der Waals surface area contributed by atoms with Crippen molar-refractivity contribution >= 4 is 5.91 Å². The van der Waals surface area contributed by atoms with Gasteiger partial charge in [0.25, 0.3) is 6.43 Å². The third-order valence-electron chi connectivity index (χ3n) is 5.43. The molecule has 0 radical (unpaired) electrons. The van der Waals surface area contributed by atoms with Crippen molar-refractivity contribution in [2.45, 2.75) is 46.8 Å². The Morgan fingerprint density at radius 3 is 2.69 bits per heavy atom. The molecule has 3 aromatic heterocycles. The fraction of sp³-hybridized carbons (Fsp3) is 0.409. The van der Waals surface area contributed by atoms with E-state index in [9.17, 15) is 13.6 Å². The highest BCUT2D eigenvalue weighted by molar-refractivity contribution is 5.78. The number of hydrogen-bond acceptors (Lipinski definition) is 6. The Morgan fingerprint density at radius 1 is 1.19 bits per heavy atom. The molecule has 0 unspecified atom stereocenters. The lowest BCUT2D eigenvalue weighted by atomic mass is 10.0. The molecule has 32 heavy (non-hydrogen) atoms. The lowest BCUT2D eigenvalue weighted by molar-refractivity contribution is -0.135. The number of pyridine rings is 2. The minimum absolute atomic E-state index is 0.0319. The van der Waals surface area contributed by atoms with Crippen molar-refractivity contribution in [3.05, 3.63) is 58.8 Å². The summed E-state index contributed by atoms with van der Waals surface area (Å²) in [5.41, 5.74) is 3.68. The van der Waals surface area contributed by atoms with E-state index in [1.54, 1.807) is 13.1 Å². The molecule has 10 heteroatoms. The largest absolute Gasteiger partial charge is 0.471 e. The van der Waals surface area contributed by atoms with Crippen LogP contribution in [0.2, 0.25) is 0 Å². The second kappa shape index (κ2) is 8.97. The zero-order valence-electron chi connectivity index (χ0n) is 18.1. The number of fused-ring (bicyclic) bond motifs is 1. The van der Waals surface area contributed by atoms with Crippen LogP contribution in [-0.4, -0.2) is 42.3 Å². The van der Waals surface area contributed by atoms with E-state index in [2.05, 4.69) is 20.3 Å². The summed E-state index contributed by atoms with van der Waals surface area (Å²) >= 11 is 0. The van der Waals surface area contributed by atoms with E-state index in [1.807, 2.05) is 24.8 Å². The van der Waals surface area contributed by atoms with Crippen LogP contribution in [-0.2, 0) is 24.4 Å². The van der Waals surface area contributed by atoms with Gasteiger partial charge in [-0.2, -0.15) is 0 Å². The van der Waals surface area contributed by atoms with Crippen molar-refractivity contribution in [2.75, 3.05) is 6.54 Å². The van der Waals surface area contributed by atoms with Gasteiger partial charge in [0.05, 0.1) is 17.6 Å². The van der Waals surface area contributed by atoms with Gasteiger partial charge in [0.1, 0.15) is 18.0 Å². The van der Waals surface area contributed by atoms with Crippen LogP contribution >= 0.6 is 0 Å². The number of carbonyl (C=O) groups is 1. The fourth-order valence-electron chi connectivity index (χ4n) is 3.59. The van der Waals surface area contributed by atoms with Crippen LogP contribution in [0.4, 0.5) is 8.78 Å². The molecular weight excluding hydrogens is 418 g/mol. The van der Waals surface area contributed by atoms with E-state index in [-0.39, 0.29) is 24.1 Å². The summed E-state index contributed by atoms with van der Waals surface area (Å²) in [6.07, 6.45) is 1.20. The number of amides is 1. The molecule has 3 aromatic rings. The van der Waals surface area contributed by atoms with E-state index < -0.39 is 6.43 Å². The summed E-state index contributed by atoms with van der Waals surface area (Å²) in [4.78, 5) is 22.3. The van der Waals surface area contributed by atoms with Gasteiger partial charge in [-0.25, -0.2) is 18.4 Å². The van der Waals surface area contributed by atoms with Gasteiger partial charge < -0.3 is 9.64 Å². The summed E-state index contributed by atoms with van der Waals surface area (Å²) in [5.74, 6) is 0.574. The van der Waals surface area contributed by atoms with Gasteiger partial charge in [-0.3, -0.25) is 9.78 Å². The quantitative estimate of drug-likeness (QED) is 0.582. The maximum Gasteiger partial charge on any atom is 0.280 e. The van der Waals surface area contributed by atoms with Gasteiger partial charge in [0.15, 0.2) is 0 Å². The molecule has 0 N–H and O–H groups in total. The van der Waals surface area contributed by atoms with Gasteiger partial charge >= 0.3 is 0 Å². The van der Waals surface area contributed by atoms with E-state index in [4.69, 9.17) is 4.74 Å². The third kappa shape index (κ3) is 4.44. The number of ether oxygens (including phenoxy) is 1. The number of nitrogens with zero attached hydrogens (tertiary/aromatic N) is 6. The molecule has 0 fully saturated rings. The molecule has 1 aliphatic rings. The van der Waals surface area contributed by atoms with Crippen molar-refractivity contribution in [2.24, 2.45) is 5.92 Å². The molecule has 4 heterocycles. The Bertz CT molecular complexity index is 1110. The van der Waals surface area contributed by atoms with Crippen molar-refractivity contribution < 1.29 is 18.3 Å². The molecule has 0 saturated carbocycles. The minimum Gasteiger partial charge on any atom is -0.471 e. The van der Waals surface area contributed by atoms with Gasteiger partial charge in [-0.15, -0.1) is 5.10 Å². The molecule has 168 valence electrons. The summed E-state index contributed by atoms with van der Waals surface area (Å²) < 4.78 is 33.0. The highest BCUT2D eigenvalue weighted by atomic mass is 19.3. The Morgan fingerprint density at radius 2 is 2.00 bits per heavy atom. The minimum atomic E-state index is -2.63. The SMILES string of the molecule is Cc1nnn(-c2ccc(C(F)F)nc2)c1COc1cc2c(cn1)CN(C(=O)C(C)C)CC2. The van der Waals surface area contributed by atoms with Crippen molar-refractivity contribution in [1.29, 1.82) is 0 Å². The molecule has 0 bridgehead atoms. The van der Waals surface area contributed by atoms with Crippen LogP contribution in [0.3, 0.4) is 0 Å². The Hall–Kier alpha value is -3.43. The van der Waals surface area contributed by atoms with Crippen LogP contribution in [0.15, 0.2) is 30.6 Å². The van der Waals surface area contributed by atoms with Crippen LogP contribution in [0, 0.1) is 12.8 Å². The normalized spacial score (nSPS) is 13.5. The van der Waals surface area contributed by atoms with Gasteiger partial charge in [0, 0.05) is 31.3 Å².